The number of hydrogen-bond donors (Lipinski definition) is 0. The second-order valence-electron chi connectivity index (χ2n) is 26.1. The summed E-state index contributed by atoms with van der Waals surface area (Å²) in [4.78, 5) is 10.4. The van der Waals surface area contributed by atoms with Crippen LogP contribution in [0.15, 0.2) is 188 Å². The molecule has 77 heavy (non-hydrogen) atoms. The van der Waals surface area contributed by atoms with Crippen molar-refractivity contribution in [3.63, 3.8) is 0 Å². The van der Waals surface area contributed by atoms with Gasteiger partial charge in [0.2, 0.25) is 0 Å². The van der Waals surface area contributed by atoms with E-state index in [0.29, 0.717) is 23.7 Å². The predicted octanol–water partition coefficient (Wildman–Crippen LogP) is 18.0. The van der Waals surface area contributed by atoms with Gasteiger partial charge in [-0.1, -0.05) is 136 Å². The number of nitrogens with zero attached hydrogens (tertiary/aromatic N) is 4. The summed E-state index contributed by atoms with van der Waals surface area (Å²) in [7, 11) is 0. The zero-order valence-corrected chi connectivity index (χ0v) is 45.0. The Morgan fingerprint density at radius 1 is 0.455 bits per heavy atom. The molecule has 5 heteroatoms. The Hall–Kier alpha value is -7.11. The van der Waals surface area contributed by atoms with Gasteiger partial charge >= 0.3 is 0 Å². The van der Waals surface area contributed by atoms with Crippen molar-refractivity contribution < 1.29 is 4.74 Å². The molecule has 8 saturated carbocycles. The smallest absolute Gasteiger partial charge is 0.137 e. The van der Waals surface area contributed by atoms with Gasteiger partial charge in [0.15, 0.2) is 0 Å². The second kappa shape index (κ2) is 17.2. The van der Waals surface area contributed by atoms with Crippen molar-refractivity contribution in [2.24, 2.45) is 47.3 Å². The summed E-state index contributed by atoms with van der Waals surface area (Å²) < 4.78 is 9.31. The van der Waals surface area contributed by atoms with Crippen LogP contribution in [0.3, 0.4) is 0 Å². The molecular weight excluding hydrogens is 937 g/mol. The minimum absolute atomic E-state index is 0.00754. The largest absolute Gasteiger partial charge is 0.457 e. The predicted molar refractivity (Wildman–Crippen MR) is 314 cm³/mol. The van der Waals surface area contributed by atoms with Crippen LogP contribution in [0.4, 0.5) is 22.7 Å². The van der Waals surface area contributed by atoms with Crippen LogP contribution < -0.4 is 14.5 Å². The van der Waals surface area contributed by atoms with Crippen molar-refractivity contribution in [2.75, 3.05) is 16.5 Å². The van der Waals surface area contributed by atoms with Crippen LogP contribution in [0.1, 0.15) is 113 Å². The lowest BCUT2D eigenvalue weighted by Gasteiger charge is -2.64. The van der Waals surface area contributed by atoms with E-state index in [4.69, 9.17) is 9.72 Å². The van der Waals surface area contributed by atoms with Gasteiger partial charge in [-0.3, -0.25) is 4.57 Å². The highest BCUT2D eigenvalue weighted by atomic mass is 16.5. The van der Waals surface area contributed by atoms with Crippen LogP contribution in [-0.2, 0) is 16.2 Å². The van der Waals surface area contributed by atoms with Gasteiger partial charge in [-0.25, -0.2) is 4.98 Å². The summed E-state index contributed by atoms with van der Waals surface area (Å²) in [6.45, 7) is 7.51. The van der Waals surface area contributed by atoms with Crippen molar-refractivity contribution in [3.8, 4) is 17.3 Å². The molecule has 8 bridgehead atoms. The number of benzene rings is 7. The molecule has 0 atom stereocenters. The first kappa shape index (κ1) is 46.0. The molecule has 0 unspecified atom stereocenters. The Morgan fingerprint density at radius 2 is 0.974 bits per heavy atom. The molecule has 3 heterocycles. The Kier molecular flexibility index (Phi) is 10.3. The number of ether oxygens (including phenoxy) is 1. The van der Waals surface area contributed by atoms with Gasteiger partial charge < -0.3 is 14.5 Å². The van der Waals surface area contributed by atoms with E-state index in [0.717, 1.165) is 64.4 Å². The minimum atomic E-state index is -0.0712. The molecule has 8 fully saturated rings. The molecule has 5 nitrogen and oxygen atoms in total. The monoisotopic (exact) mass is 1010 g/mol. The SMILES string of the molecule is CC(C)(C)c1ccnc(-n2c3ccccc3c3ccc(Oc4cccc(N5CN(c6c(C7(c8ccccc8)C8CC9CC(C8)CC7C9)cccc6C6(c7ccccc7)C7CC8CC(C7)CC6C8)c6ccccc65)c4)cc32)c1. The van der Waals surface area contributed by atoms with Crippen molar-refractivity contribution in [2.45, 2.75) is 101 Å². The summed E-state index contributed by atoms with van der Waals surface area (Å²) in [6.07, 6.45) is 15.6. The van der Waals surface area contributed by atoms with Crippen molar-refractivity contribution >= 4 is 44.6 Å². The van der Waals surface area contributed by atoms with E-state index in [9.17, 15) is 0 Å². The molecule has 7 aromatic carbocycles. The summed E-state index contributed by atoms with van der Waals surface area (Å²) in [5.41, 5.74) is 14.8. The lowest BCUT2D eigenvalue weighted by atomic mass is 9.40. The normalized spacial score (nSPS) is 28.7. The van der Waals surface area contributed by atoms with Gasteiger partial charge in [0.05, 0.1) is 28.1 Å². The maximum atomic E-state index is 7.01. The molecule has 0 N–H and O–H groups in total. The van der Waals surface area contributed by atoms with Crippen molar-refractivity contribution in [1.29, 1.82) is 0 Å². The molecule has 2 aromatic heterocycles. The van der Waals surface area contributed by atoms with Crippen molar-refractivity contribution in [1.82, 2.24) is 9.55 Å². The van der Waals surface area contributed by atoms with Gasteiger partial charge in [0.1, 0.15) is 24.0 Å². The number of rotatable bonds is 9. The Labute approximate surface area is 454 Å². The van der Waals surface area contributed by atoms with Crippen LogP contribution in [-0.4, -0.2) is 16.2 Å². The topological polar surface area (TPSA) is 33.5 Å². The molecule has 0 spiro atoms. The third kappa shape index (κ3) is 6.87. The van der Waals surface area contributed by atoms with Gasteiger partial charge in [-0.2, -0.15) is 0 Å². The quantitative estimate of drug-likeness (QED) is 0.144. The van der Waals surface area contributed by atoms with Crippen molar-refractivity contribution in [3.05, 3.63) is 216 Å². The minimum Gasteiger partial charge on any atom is -0.457 e. The zero-order valence-electron chi connectivity index (χ0n) is 45.0. The molecule has 1 aliphatic heterocycles. The first-order chi connectivity index (χ1) is 37.7. The molecule has 0 amide bonds. The van der Waals surface area contributed by atoms with Crippen LogP contribution in [0, 0.1) is 47.3 Å². The molecule has 8 aliphatic carbocycles. The first-order valence-electron chi connectivity index (χ1n) is 29.4. The van der Waals surface area contributed by atoms with E-state index >= 15 is 0 Å². The maximum Gasteiger partial charge on any atom is 0.137 e. The molecule has 9 aliphatic rings. The second-order valence-corrected chi connectivity index (χ2v) is 26.1. The molecule has 384 valence electrons. The first-order valence-corrected chi connectivity index (χ1v) is 29.4. The Morgan fingerprint density at radius 3 is 1.57 bits per heavy atom. The number of fused-ring (bicyclic) bond motifs is 4. The summed E-state index contributed by atoms with van der Waals surface area (Å²) in [5.74, 6) is 8.44. The van der Waals surface area contributed by atoms with Crippen LogP contribution in [0.2, 0.25) is 0 Å². The highest BCUT2D eigenvalue weighted by Crippen LogP contribution is 2.70. The maximum absolute atomic E-state index is 7.01. The molecular formula is C72H70N4O. The molecule has 9 aromatic rings. The standard InChI is InChI=1S/C72H70N4O/c1-70(2,3)52-30-31-73-68(42-52)76-64-25-11-10-22-60(64)61-29-28-59(44-67(61)76)77-58-21-14-20-57(43-58)74-45-75(66-27-13-12-26-65(66)74)69-62(71(50-16-6-4-7-17-50)53-34-46-32-47(36-53)37-54(71)35-46)23-15-24-63(69)72(51-18-8-5-9-19-51)55-38-48-33-49(40-55)41-56(72)39-48/h4-31,42-44,46-49,53-56H,32-41,45H2,1-3H3. The van der Waals surface area contributed by atoms with Gasteiger partial charge in [-0.15, -0.1) is 0 Å². The number of hydrogen-bond acceptors (Lipinski definition) is 4. The van der Waals surface area contributed by atoms with Gasteiger partial charge in [0.25, 0.3) is 0 Å². The third-order valence-corrected chi connectivity index (χ3v) is 21.1. The zero-order chi connectivity index (χ0) is 51.2. The number of anilines is 4. The molecule has 18 rings (SSSR count). The van der Waals surface area contributed by atoms with E-state index in [1.165, 1.54) is 97.6 Å². The van der Waals surface area contributed by atoms with E-state index in [2.05, 4.69) is 217 Å². The Balaban J connectivity index is 0.848. The molecule has 0 saturated heterocycles. The van der Waals surface area contributed by atoms with Gasteiger partial charge in [0, 0.05) is 45.6 Å². The lowest BCUT2D eigenvalue weighted by molar-refractivity contribution is -0.0442. The molecule has 0 radical (unpaired) electrons. The van der Waals surface area contributed by atoms with E-state index in [1.807, 2.05) is 6.20 Å². The summed E-state index contributed by atoms with van der Waals surface area (Å²) >= 11 is 0. The fourth-order valence-corrected chi connectivity index (χ4v) is 18.7. The van der Waals surface area contributed by atoms with E-state index in [1.54, 1.807) is 22.3 Å². The average molecular weight is 1010 g/mol. The van der Waals surface area contributed by atoms with Crippen LogP contribution in [0.5, 0.6) is 11.5 Å². The van der Waals surface area contributed by atoms with Gasteiger partial charge in [-0.05, 0) is 199 Å². The highest BCUT2D eigenvalue weighted by molar-refractivity contribution is 6.09. The highest BCUT2D eigenvalue weighted by Gasteiger charge is 2.63. The fraction of sp³-hybridized carbons (Fsp3) is 0.347. The number of para-hydroxylation sites is 4. The fourth-order valence-electron chi connectivity index (χ4n) is 18.7. The summed E-state index contributed by atoms with van der Waals surface area (Å²) in [5, 5.41) is 2.39. The van der Waals surface area contributed by atoms with E-state index < -0.39 is 0 Å². The third-order valence-electron chi connectivity index (χ3n) is 21.1. The van der Waals surface area contributed by atoms with Crippen LogP contribution in [0.25, 0.3) is 27.6 Å². The lowest BCUT2D eigenvalue weighted by Crippen LogP contribution is -2.58. The number of aromatic nitrogens is 2. The Bertz CT molecular complexity index is 3590. The van der Waals surface area contributed by atoms with Crippen LogP contribution >= 0.6 is 0 Å². The van der Waals surface area contributed by atoms with E-state index in [-0.39, 0.29) is 16.2 Å². The number of pyridine rings is 1. The summed E-state index contributed by atoms with van der Waals surface area (Å²) in [6, 6.07) is 69.7. The average Bonchev–Trinajstić information content (AvgIpc) is 4.09.